The minimum Gasteiger partial charge on any atom is -0.508 e. The molecule has 9 atom stereocenters. The van der Waals surface area contributed by atoms with E-state index in [0.717, 1.165) is 5.56 Å². The number of para-hydroxylation sites is 1. The standard InChI is InChI=1S/C66H86N18O12/c1-4-70-63(94)54-17-11-25-84(54)65(96)47(16-10-23-72-66(67)68)76-57(88)48(26-38(2)3)77-61(92)52(30-43-34-83(37-75-43)33-40-12-6-5-7-13-40)80-58(89)49(27-39-18-20-44(86)21-19-39)78-62(93)53(35-85)82-59(90)50(28-41-31-73-46-15-9-8-14-45(41)46)79-60(91)51(29-42-32-69-36-74-42)81-64(95)56-55(87)22-24-71-56/h5-9,12-15,18-21,31-32,34,36-38,47-54,56,71,73,85-86H,4,10-11,16-17,22-30,33,35H2,1-3H3,(H,69,74)(H,70,94)(H,76,88)(H,77,92)(H,78,93)(H,79,91)(H,80,89)(H,81,95)(H,82,90)(H4,67,68,72)/t47-,48-,49-,50-,51-,52+,53-,54-,56-/m0/s1. The molecular formula is C66H86N18O12. The first-order valence-corrected chi connectivity index (χ1v) is 32.1. The molecule has 2 aliphatic rings. The molecule has 2 aliphatic heterocycles. The summed E-state index contributed by atoms with van der Waals surface area (Å²) in [6.45, 7) is 5.75. The van der Waals surface area contributed by atoms with Gasteiger partial charge in [0.1, 0.15) is 60.1 Å². The lowest BCUT2D eigenvalue weighted by molar-refractivity contribution is -0.142. The van der Waals surface area contributed by atoms with Crippen LogP contribution in [0.15, 0.2) is 115 Å². The SMILES string of the molecule is CCNC(=O)[C@@H]1CCCN1C(=O)[C@H](CCCN=C(N)N)NC(=O)[C@H](CC(C)C)NC(=O)[C@@H](Cc1cn(Cc2ccccc2)cn1)NC(=O)[C@H](Cc1ccc(O)cc1)NC(=O)[C@H](CO)NC(=O)[C@H](Cc1c[nH]c2ccccc12)NC(=O)[C@H](Cc1cnc[nH]1)NC(=O)[C@H]1NCCC1=O. The molecule has 512 valence electrons. The van der Waals surface area contributed by atoms with Gasteiger partial charge in [-0.15, -0.1) is 0 Å². The second kappa shape index (κ2) is 34.6. The van der Waals surface area contributed by atoms with Gasteiger partial charge in [-0.3, -0.25) is 58.3 Å². The third-order valence-electron chi connectivity index (χ3n) is 16.5. The molecule has 6 aromatic rings. The number of fused-ring (bicyclic) bond motifs is 1. The number of aliphatic hydroxyl groups is 1. The monoisotopic (exact) mass is 1320 g/mol. The number of phenols is 1. The highest BCUT2D eigenvalue weighted by Crippen LogP contribution is 2.23. The van der Waals surface area contributed by atoms with E-state index in [2.05, 4.69) is 72.8 Å². The van der Waals surface area contributed by atoms with Gasteiger partial charge >= 0.3 is 0 Å². The smallest absolute Gasteiger partial charge is 0.245 e. The van der Waals surface area contributed by atoms with E-state index in [1.165, 1.54) is 41.7 Å². The summed E-state index contributed by atoms with van der Waals surface area (Å²) >= 11 is 0. The zero-order chi connectivity index (χ0) is 68.8. The molecule has 30 nitrogen and oxygen atoms in total. The van der Waals surface area contributed by atoms with Crippen LogP contribution in [0.4, 0.5) is 0 Å². The molecule has 0 bridgehead atoms. The van der Waals surface area contributed by atoms with E-state index in [1.807, 2.05) is 44.2 Å². The number of hydrogen-bond acceptors (Lipinski definition) is 16. The number of amides is 9. The highest BCUT2D eigenvalue weighted by molar-refractivity contribution is 6.08. The van der Waals surface area contributed by atoms with Crippen molar-refractivity contribution in [3.63, 3.8) is 0 Å². The number of hydrogen-bond donors (Lipinski definition) is 15. The lowest BCUT2D eigenvalue weighted by Crippen LogP contribution is -2.61. The molecule has 9 amide bonds. The van der Waals surface area contributed by atoms with Gasteiger partial charge < -0.3 is 83.6 Å². The van der Waals surface area contributed by atoms with Crippen molar-refractivity contribution in [3.8, 4) is 5.75 Å². The summed E-state index contributed by atoms with van der Waals surface area (Å²) in [4.78, 5) is 163. The predicted molar refractivity (Wildman–Crippen MR) is 352 cm³/mol. The Morgan fingerprint density at radius 3 is 1.98 bits per heavy atom. The van der Waals surface area contributed by atoms with E-state index in [-0.39, 0.29) is 100 Å². The van der Waals surface area contributed by atoms with Crippen LogP contribution in [-0.2, 0) is 80.2 Å². The van der Waals surface area contributed by atoms with Crippen LogP contribution < -0.4 is 59.3 Å². The Morgan fingerprint density at radius 2 is 1.33 bits per heavy atom. The van der Waals surface area contributed by atoms with Gasteiger partial charge in [0.05, 0.1) is 25.0 Å². The van der Waals surface area contributed by atoms with Crippen molar-refractivity contribution in [2.24, 2.45) is 22.4 Å². The summed E-state index contributed by atoms with van der Waals surface area (Å²) in [5, 5.41) is 46.4. The average molecular weight is 1320 g/mol. The van der Waals surface area contributed by atoms with Crippen molar-refractivity contribution in [2.75, 3.05) is 32.8 Å². The maximum atomic E-state index is 15.1. The molecule has 2 saturated heterocycles. The molecule has 2 fully saturated rings. The summed E-state index contributed by atoms with van der Waals surface area (Å²) in [5.74, 6) is -7.94. The largest absolute Gasteiger partial charge is 0.508 e. The third-order valence-corrected chi connectivity index (χ3v) is 16.5. The lowest BCUT2D eigenvalue weighted by atomic mass is 10.0. The van der Waals surface area contributed by atoms with Gasteiger partial charge in [0, 0.05) is 100 Å². The molecular weight excluding hydrogens is 1240 g/mol. The fourth-order valence-corrected chi connectivity index (χ4v) is 11.6. The number of aliphatic imine (C=N–C) groups is 1. The number of nitrogens with one attached hydrogen (secondary N) is 11. The van der Waals surface area contributed by atoms with Crippen LogP contribution in [0.1, 0.15) is 87.4 Å². The number of H-pyrrole nitrogens is 2. The van der Waals surface area contributed by atoms with E-state index in [0.29, 0.717) is 59.3 Å². The number of carbonyl (C=O) groups is 10. The van der Waals surface area contributed by atoms with E-state index < -0.39 is 108 Å². The third kappa shape index (κ3) is 20.3. The van der Waals surface area contributed by atoms with Crippen LogP contribution in [0.25, 0.3) is 10.9 Å². The van der Waals surface area contributed by atoms with Crippen molar-refractivity contribution in [1.29, 1.82) is 0 Å². The second-order valence-corrected chi connectivity index (χ2v) is 24.3. The van der Waals surface area contributed by atoms with Gasteiger partial charge in [-0.05, 0) is 79.8 Å². The number of phenolic OH excluding ortho intramolecular Hbond substituents is 1. The predicted octanol–water partition coefficient (Wildman–Crippen LogP) is -1.34. The molecule has 0 spiro atoms. The number of Topliss-reactive ketones (excluding diaryl/α,β-unsaturated/α-hetero) is 1. The number of imidazole rings is 2. The summed E-state index contributed by atoms with van der Waals surface area (Å²) in [6, 6.07) is 10.1. The van der Waals surface area contributed by atoms with Crippen molar-refractivity contribution in [2.45, 2.75) is 146 Å². The number of guanidine groups is 1. The summed E-state index contributed by atoms with van der Waals surface area (Å²) in [6.07, 6.45) is 8.23. The Hall–Kier alpha value is -10.5. The summed E-state index contributed by atoms with van der Waals surface area (Å²) in [5.41, 5.74) is 14.6. The fraction of sp³-hybridized carbons (Fsp3) is 0.439. The van der Waals surface area contributed by atoms with E-state index in [4.69, 9.17) is 11.5 Å². The first-order chi connectivity index (χ1) is 46.2. The van der Waals surface area contributed by atoms with Crippen molar-refractivity contribution >= 4 is 75.8 Å². The number of benzene rings is 3. The van der Waals surface area contributed by atoms with Gasteiger partial charge in [-0.1, -0.05) is 74.5 Å². The van der Waals surface area contributed by atoms with Gasteiger partial charge in [-0.25, -0.2) is 9.97 Å². The number of aromatic hydroxyl groups is 1. The highest BCUT2D eigenvalue weighted by Gasteiger charge is 2.40. The Kier molecular flexibility index (Phi) is 25.7. The molecule has 5 heterocycles. The van der Waals surface area contributed by atoms with Crippen LogP contribution in [0.5, 0.6) is 5.75 Å². The first kappa shape index (κ1) is 71.4. The normalized spacial score (nSPS) is 16.6. The minimum absolute atomic E-state index is 0.0485. The van der Waals surface area contributed by atoms with E-state index in [9.17, 15) is 48.6 Å². The van der Waals surface area contributed by atoms with Crippen LogP contribution in [0.3, 0.4) is 0 Å². The van der Waals surface area contributed by atoms with Crippen LogP contribution in [0.2, 0.25) is 0 Å². The van der Waals surface area contributed by atoms with Crippen LogP contribution >= 0.6 is 0 Å². The number of likely N-dealkylation sites (tertiary alicyclic amines) is 1. The zero-order valence-electron chi connectivity index (χ0n) is 53.8. The van der Waals surface area contributed by atoms with Crippen LogP contribution in [0, 0.1) is 5.92 Å². The number of rotatable bonds is 34. The lowest BCUT2D eigenvalue weighted by Gasteiger charge is -2.30. The molecule has 0 saturated carbocycles. The second-order valence-electron chi connectivity index (χ2n) is 24.3. The van der Waals surface area contributed by atoms with Crippen molar-refractivity contribution in [3.05, 3.63) is 138 Å². The maximum absolute atomic E-state index is 15.1. The molecule has 3 aromatic heterocycles. The number of carbonyl (C=O) groups excluding carboxylic acids is 10. The number of ketones is 1. The number of aromatic amines is 2. The van der Waals surface area contributed by atoms with Gasteiger partial charge in [0.25, 0.3) is 0 Å². The Labute approximate surface area is 554 Å². The fourth-order valence-electron chi connectivity index (χ4n) is 11.6. The van der Waals surface area contributed by atoms with Gasteiger partial charge in [-0.2, -0.15) is 0 Å². The van der Waals surface area contributed by atoms with Crippen LogP contribution in [-0.4, -0.2) is 192 Å². The average Bonchev–Trinajstić information content (AvgIpc) is 1.62. The molecule has 0 aliphatic carbocycles. The highest BCUT2D eigenvalue weighted by atomic mass is 16.3. The Bertz CT molecular complexity index is 3680. The molecule has 0 radical (unpaired) electrons. The molecule has 30 heteroatoms. The molecule has 0 unspecified atom stereocenters. The number of likely N-dealkylation sites (N-methyl/N-ethyl adjacent to an activating group) is 1. The Morgan fingerprint density at radius 1 is 0.708 bits per heavy atom. The van der Waals surface area contributed by atoms with Gasteiger partial charge in [0.15, 0.2) is 11.7 Å². The quantitative estimate of drug-likeness (QED) is 0.00962. The molecule has 96 heavy (non-hydrogen) atoms. The van der Waals surface area contributed by atoms with E-state index >= 15 is 9.59 Å². The maximum Gasteiger partial charge on any atom is 0.245 e. The molecule has 3 aromatic carbocycles. The number of aliphatic hydroxyl groups excluding tert-OH is 1. The number of nitrogens with zero attached hydrogens (tertiary/aromatic N) is 5. The topological polar surface area (TPSA) is 449 Å². The number of nitrogens with two attached hydrogens (primary N) is 2. The summed E-state index contributed by atoms with van der Waals surface area (Å²) < 4.78 is 1.78. The molecule has 17 N–H and O–H groups in total. The molecule has 8 rings (SSSR count). The van der Waals surface area contributed by atoms with E-state index in [1.54, 1.807) is 54.5 Å². The minimum atomic E-state index is -1.80. The zero-order valence-corrected chi connectivity index (χ0v) is 53.8. The number of aromatic nitrogens is 5. The van der Waals surface area contributed by atoms with Crippen molar-refractivity contribution < 1.29 is 58.2 Å². The van der Waals surface area contributed by atoms with Crippen molar-refractivity contribution in [1.82, 2.24) is 77.3 Å². The van der Waals surface area contributed by atoms with Gasteiger partial charge in [0.2, 0.25) is 53.2 Å². The first-order valence-electron chi connectivity index (χ1n) is 32.1. The Balaban J connectivity index is 1.06. The summed E-state index contributed by atoms with van der Waals surface area (Å²) in [7, 11) is 0.